The van der Waals surface area contributed by atoms with Gasteiger partial charge in [-0.25, -0.2) is 0 Å². The molecule has 166 valence electrons. The second-order valence-corrected chi connectivity index (χ2v) is 8.97. The van der Waals surface area contributed by atoms with E-state index < -0.39 is 11.1 Å². The van der Waals surface area contributed by atoms with Crippen LogP contribution in [0.4, 0.5) is 5.69 Å². The van der Waals surface area contributed by atoms with Crippen LogP contribution in [0.5, 0.6) is 5.75 Å². The zero-order valence-corrected chi connectivity index (χ0v) is 18.7. The molecule has 3 atom stereocenters. The molecule has 8 heteroatoms. The number of carbonyl (C=O) groups excluding carboxylic acids is 2. The molecule has 1 heterocycles. The van der Waals surface area contributed by atoms with E-state index >= 15 is 0 Å². The highest BCUT2D eigenvalue weighted by molar-refractivity contribution is 7.79. The van der Waals surface area contributed by atoms with E-state index in [4.69, 9.17) is 4.74 Å². The summed E-state index contributed by atoms with van der Waals surface area (Å²) in [6, 6.07) is 10.9. The predicted octanol–water partition coefficient (Wildman–Crippen LogP) is 3.08. The van der Waals surface area contributed by atoms with E-state index in [9.17, 15) is 18.4 Å². The summed E-state index contributed by atoms with van der Waals surface area (Å²) in [7, 11) is 0. The van der Waals surface area contributed by atoms with Gasteiger partial charge in [0.05, 0.1) is 6.04 Å². The van der Waals surface area contributed by atoms with Crippen molar-refractivity contribution in [2.75, 3.05) is 17.6 Å². The molecule has 0 bridgehead atoms. The number of benzene rings is 2. The van der Waals surface area contributed by atoms with Crippen LogP contribution in [0.15, 0.2) is 36.4 Å². The first kappa shape index (κ1) is 23.1. The van der Waals surface area contributed by atoms with Crippen LogP contribution in [0.3, 0.4) is 0 Å². The standard InChI is InChI=1S/C23H28N2O5S/c1-14-9-19(25-23(27)21-11-17(13-24-21)7-8-31(28)29)10-15(2)22(14)18-5-4-6-20(12-18)30-16(3)26/h4-6,9-10,12,17,21,24H,7-8,11,13H2,1-3H3,(H,25,27)(H,28,29)/p-1/t17-,21+/m0/s1. The van der Waals surface area contributed by atoms with Crippen molar-refractivity contribution in [2.24, 2.45) is 5.92 Å². The molecular formula is C23H27N2O5S-. The maximum Gasteiger partial charge on any atom is 0.308 e. The Morgan fingerprint density at radius 3 is 2.58 bits per heavy atom. The van der Waals surface area contributed by atoms with Gasteiger partial charge >= 0.3 is 5.97 Å². The Kier molecular flexibility index (Phi) is 7.59. The van der Waals surface area contributed by atoms with E-state index in [1.807, 2.05) is 44.2 Å². The lowest BCUT2D eigenvalue weighted by Crippen LogP contribution is -2.35. The average molecular weight is 444 g/mol. The molecule has 2 N–H and O–H groups in total. The SMILES string of the molecule is CC(=O)Oc1cccc(-c2c(C)cc(NC(=O)[C@H]3C[C@H](CCS(=O)[O-])CN3)cc2C)c1. The summed E-state index contributed by atoms with van der Waals surface area (Å²) in [6.07, 6.45) is 1.19. The zero-order chi connectivity index (χ0) is 22.5. The first-order valence-corrected chi connectivity index (χ1v) is 11.5. The van der Waals surface area contributed by atoms with Crippen LogP contribution in [0.1, 0.15) is 30.9 Å². The van der Waals surface area contributed by atoms with Gasteiger partial charge in [0.2, 0.25) is 5.91 Å². The van der Waals surface area contributed by atoms with E-state index in [0.29, 0.717) is 30.8 Å². The van der Waals surface area contributed by atoms with Gasteiger partial charge in [-0.2, -0.15) is 0 Å². The van der Waals surface area contributed by atoms with Crippen LogP contribution in [0.25, 0.3) is 11.1 Å². The fraction of sp³-hybridized carbons (Fsp3) is 0.391. The summed E-state index contributed by atoms with van der Waals surface area (Å²) >= 11 is -2.05. The van der Waals surface area contributed by atoms with Crippen molar-refractivity contribution >= 4 is 28.6 Å². The maximum atomic E-state index is 12.7. The summed E-state index contributed by atoms with van der Waals surface area (Å²) in [6.45, 7) is 5.96. The number of aryl methyl sites for hydroxylation is 2. The Morgan fingerprint density at radius 2 is 1.94 bits per heavy atom. The van der Waals surface area contributed by atoms with Crippen molar-refractivity contribution in [3.8, 4) is 16.9 Å². The van der Waals surface area contributed by atoms with Gasteiger partial charge in [-0.05, 0) is 85.7 Å². The largest absolute Gasteiger partial charge is 0.772 e. The van der Waals surface area contributed by atoms with E-state index in [1.54, 1.807) is 6.07 Å². The smallest absolute Gasteiger partial charge is 0.308 e. The average Bonchev–Trinajstić information content (AvgIpc) is 3.15. The summed E-state index contributed by atoms with van der Waals surface area (Å²) in [5.41, 5.74) is 4.65. The molecule has 1 aliphatic heterocycles. The van der Waals surface area contributed by atoms with Gasteiger partial charge in [0.1, 0.15) is 5.75 Å². The Labute approximate surface area is 184 Å². The second-order valence-electron chi connectivity index (χ2n) is 7.95. The van der Waals surface area contributed by atoms with Gasteiger partial charge in [0.25, 0.3) is 0 Å². The van der Waals surface area contributed by atoms with E-state index in [0.717, 1.165) is 22.3 Å². The third-order valence-electron chi connectivity index (χ3n) is 5.42. The number of nitrogens with one attached hydrogen (secondary N) is 2. The second kappa shape index (κ2) is 10.2. The third-order valence-corrected chi connectivity index (χ3v) is 5.98. The summed E-state index contributed by atoms with van der Waals surface area (Å²) < 4.78 is 26.7. The molecule has 0 spiro atoms. The van der Waals surface area contributed by atoms with Crippen molar-refractivity contribution in [1.29, 1.82) is 0 Å². The van der Waals surface area contributed by atoms with E-state index in [-0.39, 0.29) is 29.6 Å². The van der Waals surface area contributed by atoms with Crippen LogP contribution in [-0.2, 0) is 20.7 Å². The molecule has 3 rings (SSSR count). The van der Waals surface area contributed by atoms with Gasteiger partial charge in [0.15, 0.2) is 0 Å². The quantitative estimate of drug-likeness (QED) is 0.387. The van der Waals surface area contributed by atoms with Gasteiger partial charge in [-0.1, -0.05) is 23.2 Å². The normalized spacial score (nSPS) is 19.1. The minimum Gasteiger partial charge on any atom is -0.772 e. The highest BCUT2D eigenvalue weighted by Gasteiger charge is 2.29. The Balaban J connectivity index is 1.70. The lowest BCUT2D eigenvalue weighted by molar-refractivity contribution is -0.131. The number of hydrogen-bond acceptors (Lipinski definition) is 6. The van der Waals surface area contributed by atoms with Gasteiger partial charge < -0.3 is 19.9 Å². The molecule has 0 aromatic heterocycles. The minimum absolute atomic E-state index is 0.117. The molecule has 2 aromatic rings. The van der Waals surface area contributed by atoms with Crippen LogP contribution in [0.2, 0.25) is 0 Å². The fourth-order valence-corrected chi connectivity index (χ4v) is 4.62. The molecule has 1 fully saturated rings. The van der Waals surface area contributed by atoms with Crippen LogP contribution in [-0.4, -0.2) is 39.0 Å². The topological polar surface area (TPSA) is 108 Å². The number of amides is 1. The maximum absolute atomic E-state index is 12.7. The molecule has 7 nitrogen and oxygen atoms in total. The highest BCUT2D eigenvalue weighted by Crippen LogP contribution is 2.32. The number of rotatable bonds is 7. The summed E-state index contributed by atoms with van der Waals surface area (Å²) in [4.78, 5) is 23.9. The summed E-state index contributed by atoms with van der Waals surface area (Å²) in [5.74, 6) is 0.314. The lowest BCUT2D eigenvalue weighted by Gasteiger charge is -2.16. The first-order chi connectivity index (χ1) is 14.7. The molecule has 0 aliphatic carbocycles. The molecule has 1 aliphatic rings. The Bertz CT molecular complexity index is 984. The van der Waals surface area contributed by atoms with E-state index in [2.05, 4.69) is 10.6 Å². The molecule has 31 heavy (non-hydrogen) atoms. The van der Waals surface area contributed by atoms with Gasteiger partial charge in [-0.3, -0.25) is 13.8 Å². The van der Waals surface area contributed by atoms with Crippen molar-refractivity contribution in [3.05, 3.63) is 47.5 Å². The number of hydrogen-bond donors (Lipinski definition) is 2. The van der Waals surface area contributed by atoms with Crippen molar-refractivity contribution in [2.45, 2.75) is 39.7 Å². The van der Waals surface area contributed by atoms with E-state index in [1.165, 1.54) is 6.92 Å². The Morgan fingerprint density at radius 1 is 1.23 bits per heavy atom. The predicted molar refractivity (Wildman–Crippen MR) is 120 cm³/mol. The molecule has 2 aromatic carbocycles. The molecule has 1 unspecified atom stereocenters. The van der Waals surface area contributed by atoms with Crippen molar-refractivity contribution < 1.29 is 23.1 Å². The summed E-state index contributed by atoms with van der Waals surface area (Å²) in [5, 5.41) is 6.16. The molecule has 0 radical (unpaired) electrons. The van der Waals surface area contributed by atoms with Crippen LogP contribution in [0, 0.1) is 19.8 Å². The number of ether oxygens (including phenoxy) is 1. The minimum atomic E-state index is -2.05. The third kappa shape index (κ3) is 6.22. The first-order valence-electron chi connectivity index (χ1n) is 10.2. The van der Waals surface area contributed by atoms with Crippen molar-refractivity contribution in [1.82, 2.24) is 5.32 Å². The van der Waals surface area contributed by atoms with Gasteiger partial charge in [0, 0.05) is 18.4 Å². The Hall–Kier alpha value is -2.55. The molecule has 1 amide bonds. The number of carbonyl (C=O) groups is 2. The van der Waals surface area contributed by atoms with Gasteiger partial charge in [-0.15, -0.1) is 0 Å². The zero-order valence-electron chi connectivity index (χ0n) is 17.9. The molecule has 0 saturated carbocycles. The number of anilines is 1. The van der Waals surface area contributed by atoms with Crippen LogP contribution >= 0.6 is 0 Å². The van der Waals surface area contributed by atoms with Crippen LogP contribution < -0.4 is 15.4 Å². The molecular weight excluding hydrogens is 416 g/mol. The lowest BCUT2D eigenvalue weighted by atomic mass is 9.94. The molecule has 1 saturated heterocycles. The number of esters is 1. The fourth-order valence-electron chi connectivity index (χ4n) is 4.09. The van der Waals surface area contributed by atoms with Crippen molar-refractivity contribution in [3.63, 3.8) is 0 Å². The highest BCUT2D eigenvalue weighted by atomic mass is 32.2. The monoisotopic (exact) mass is 443 g/mol.